The number of unbranched alkanes of at least 4 members (excludes halogenated alkanes) is 2. The summed E-state index contributed by atoms with van der Waals surface area (Å²) in [6, 6.07) is 7.57. The molecule has 0 bridgehead atoms. The second kappa shape index (κ2) is 6.20. The summed E-state index contributed by atoms with van der Waals surface area (Å²) in [6.45, 7) is 2.15. The summed E-state index contributed by atoms with van der Waals surface area (Å²) in [5.74, 6) is 0. The number of alkyl halides is 3. The summed E-state index contributed by atoms with van der Waals surface area (Å²) < 4.78 is 37.4. The normalized spacial score (nSPS) is 15.2. The summed E-state index contributed by atoms with van der Waals surface area (Å²) in [7, 11) is 0. The monoisotopic (exact) mass is 282 g/mol. The van der Waals surface area contributed by atoms with Crippen molar-refractivity contribution < 1.29 is 13.2 Å². The van der Waals surface area contributed by atoms with Gasteiger partial charge in [0.2, 0.25) is 0 Å². The first-order valence-electron chi connectivity index (χ1n) is 6.80. The molecule has 0 atom stereocenters. The molecule has 2 rings (SSSR count). The van der Waals surface area contributed by atoms with E-state index in [0.29, 0.717) is 11.3 Å². The van der Waals surface area contributed by atoms with Crippen molar-refractivity contribution in [1.29, 1.82) is 0 Å². The van der Waals surface area contributed by atoms with Crippen LogP contribution in [-0.2, 0) is 6.42 Å². The molecule has 0 saturated carbocycles. The van der Waals surface area contributed by atoms with Crippen molar-refractivity contribution >= 4 is 11.4 Å². The van der Waals surface area contributed by atoms with E-state index in [4.69, 9.17) is 0 Å². The summed E-state index contributed by atoms with van der Waals surface area (Å²) in [6.07, 6.45) is -0.114. The topological polar surface area (TPSA) is 24.7 Å². The molecule has 1 aromatic rings. The highest BCUT2D eigenvalue weighted by atomic mass is 19.4. The highest BCUT2D eigenvalue weighted by Gasteiger charge is 2.38. The van der Waals surface area contributed by atoms with E-state index in [1.807, 2.05) is 24.3 Å². The SMILES string of the molecule is CCCCCc1ccc(C2=NN=C(C(F)(F)F)C2)cc1. The summed E-state index contributed by atoms with van der Waals surface area (Å²) >= 11 is 0. The van der Waals surface area contributed by atoms with E-state index in [-0.39, 0.29) is 6.42 Å². The van der Waals surface area contributed by atoms with E-state index >= 15 is 0 Å². The molecule has 5 heteroatoms. The number of halogens is 3. The third-order valence-corrected chi connectivity index (χ3v) is 3.31. The van der Waals surface area contributed by atoms with Gasteiger partial charge in [-0.3, -0.25) is 0 Å². The first kappa shape index (κ1) is 14.8. The predicted molar refractivity (Wildman–Crippen MR) is 74.3 cm³/mol. The van der Waals surface area contributed by atoms with E-state index in [1.54, 1.807) is 0 Å². The molecule has 0 amide bonds. The Morgan fingerprint density at radius 1 is 1.05 bits per heavy atom. The fourth-order valence-electron chi connectivity index (χ4n) is 2.11. The van der Waals surface area contributed by atoms with Crippen LogP contribution < -0.4 is 0 Å². The van der Waals surface area contributed by atoms with Crippen molar-refractivity contribution in [3.8, 4) is 0 Å². The Hall–Kier alpha value is -1.65. The highest BCUT2D eigenvalue weighted by molar-refractivity contribution is 6.16. The lowest BCUT2D eigenvalue weighted by atomic mass is 10.0. The molecule has 1 heterocycles. The molecule has 20 heavy (non-hydrogen) atoms. The maximum atomic E-state index is 12.5. The van der Waals surface area contributed by atoms with Gasteiger partial charge in [-0.15, -0.1) is 5.10 Å². The summed E-state index contributed by atoms with van der Waals surface area (Å²) in [5, 5.41) is 6.87. The molecule has 1 aliphatic rings. The smallest absolute Gasteiger partial charge is 0.165 e. The molecule has 0 radical (unpaired) electrons. The third kappa shape index (κ3) is 3.68. The second-order valence-electron chi connectivity index (χ2n) is 4.92. The van der Waals surface area contributed by atoms with Gasteiger partial charge in [-0.1, -0.05) is 44.0 Å². The van der Waals surface area contributed by atoms with Crippen LogP contribution in [0.15, 0.2) is 34.5 Å². The van der Waals surface area contributed by atoms with Crippen LogP contribution in [0, 0.1) is 0 Å². The van der Waals surface area contributed by atoms with Gasteiger partial charge in [-0.05, 0) is 24.0 Å². The maximum Gasteiger partial charge on any atom is 0.431 e. The van der Waals surface area contributed by atoms with Crippen LogP contribution in [0.4, 0.5) is 13.2 Å². The molecular formula is C15H17F3N2. The van der Waals surface area contributed by atoms with Crippen molar-refractivity contribution in [2.75, 3.05) is 0 Å². The van der Waals surface area contributed by atoms with Gasteiger partial charge in [-0.2, -0.15) is 18.3 Å². The number of benzene rings is 1. The molecule has 0 fully saturated rings. The average Bonchev–Trinajstić information content (AvgIpc) is 2.89. The molecule has 0 saturated heterocycles. The highest BCUT2D eigenvalue weighted by Crippen LogP contribution is 2.25. The Bertz CT molecular complexity index is 513. The Labute approximate surface area is 116 Å². The molecule has 0 unspecified atom stereocenters. The zero-order chi connectivity index (χ0) is 14.6. The van der Waals surface area contributed by atoms with Crippen LogP contribution >= 0.6 is 0 Å². The molecule has 1 aromatic carbocycles. The largest absolute Gasteiger partial charge is 0.431 e. The minimum absolute atomic E-state index is 0.237. The Kier molecular flexibility index (Phi) is 4.57. The lowest BCUT2D eigenvalue weighted by Crippen LogP contribution is -2.22. The Morgan fingerprint density at radius 2 is 1.75 bits per heavy atom. The lowest BCUT2D eigenvalue weighted by molar-refractivity contribution is -0.0596. The Balaban J connectivity index is 1.95. The second-order valence-corrected chi connectivity index (χ2v) is 4.92. The van der Waals surface area contributed by atoms with Crippen molar-refractivity contribution in [1.82, 2.24) is 0 Å². The molecule has 2 nitrogen and oxygen atoms in total. The quantitative estimate of drug-likeness (QED) is 0.709. The van der Waals surface area contributed by atoms with Gasteiger partial charge in [-0.25, -0.2) is 0 Å². The van der Waals surface area contributed by atoms with Gasteiger partial charge < -0.3 is 0 Å². The van der Waals surface area contributed by atoms with Crippen LogP contribution in [0.5, 0.6) is 0 Å². The standard InChI is InChI=1S/C15H17F3N2/c1-2-3-4-5-11-6-8-12(9-7-11)13-10-14(20-19-13)15(16,17)18/h6-9H,2-5,10H2,1H3. The van der Waals surface area contributed by atoms with E-state index in [2.05, 4.69) is 17.1 Å². The molecule has 0 spiro atoms. The van der Waals surface area contributed by atoms with E-state index in [1.165, 1.54) is 18.4 Å². The third-order valence-electron chi connectivity index (χ3n) is 3.31. The van der Waals surface area contributed by atoms with E-state index < -0.39 is 11.9 Å². The molecule has 0 N–H and O–H groups in total. The number of rotatable bonds is 5. The fourth-order valence-corrected chi connectivity index (χ4v) is 2.11. The van der Waals surface area contributed by atoms with Crippen LogP contribution in [0.3, 0.4) is 0 Å². The van der Waals surface area contributed by atoms with Crippen LogP contribution in [-0.4, -0.2) is 17.6 Å². The molecule has 0 aliphatic carbocycles. The van der Waals surface area contributed by atoms with Crippen LogP contribution in [0.25, 0.3) is 0 Å². The predicted octanol–water partition coefficient (Wildman–Crippen LogP) is 4.53. The van der Waals surface area contributed by atoms with Crippen LogP contribution in [0.1, 0.15) is 43.7 Å². The van der Waals surface area contributed by atoms with Crippen LogP contribution in [0.2, 0.25) is 0 Å². The van der Waals surface area contributed by atoms with Gasteiger partial charge in [0.15, 0.2) is 0 Å². The van der Waals surface area contributed by atoms with Gasteiger partial charge >= 0.3 is 6.18 Å². The zero-order valence-electron chi connectivity index (χ0n) is 11.4. The number of hydrogen-bond donors (Lipinski definition) is 0. The van der Waals surface area contributed by atoms with E-state index in [0.717, 1.165) is 12.8 Å². The van der Waals surface area contributed by atoms with Gasteiger partial charge in [0.1, 0.15) is 5.71 Å². The van der Waals surface area contributed by atoms with Crippen molar-refractivity contribution in [2.24, 2.45) is 10.2 Å². The minimum Gasteiger partial charge on any atom is -0.165 e. The van der Waals surface area contributed by atoms with Crippen molar-refractivity contribution in [2.45, 2.75) is 45.2 Å². The summed E-state index contributed by atoms with van der Waals surface area (Å²) in [5.41, 5.74) is 1.49. The Morgan fingerprint density at radius 3 is 2.30 bits per heavy atom. The summed E-state index contributed by atoms with van der Waals surface area (Å²) in [4.78, 5) is 0. The van der Waals surface area contributed by atoms with E-state index in [9.17, 15) is 13.2 Å². The van der Waals surface area contributed by atoms with Gasteiger partial charge in [0, 0.05) is 6.42 Å². The average molecular weight is 282 g/mol. The minimum atomic E-state index is -4.38. The lowest BCUT2D eigenvalue weighted by Gasteiger charge is -2.06. The zero-order valence-corrected chi connectivity index (χ0v) is 11.4. The van der Waals surface area contributed by atoms with Crippen molar-refractivity contribution in [3.63, 3.8) is 0 Å². The number of nitrogens with zero attached hydrogens (tertiary/aromatic N) is 2. The molecular weight excluding hydrogens is 265 g/mol. The molecule has 108 valence electrons. The maximum absolute atomic E-state index is 12.5. The molecule has 1 aliphatic heterocycles. The number of aryl methyl sites for hydroxylation is 1. The molecule has 0 aromatic heterocycles. The van der Waals surface area contributed by atoms with Gasteiger partial charge in [0.25, 0.3) is 0 Å². The first-order chi connectivity index (χ1) is 9.50. The number of hydrogen-bond acceptors (Lipinski definition) is 2. The van der Waals surface area contributed by atoms with Gasteiger partial charge in [0.05, 0.1) is 5.71 Å². The fraction of sp³-hybridized carbons (Fsp3) is 0.467. The van der Waals surface area contributed by atoms with Crippen molar-refractivity contribution in [3.05, 3.63) is 35.4 Å². The first-order valence-corrected chi connectivity index (χ1v) is 6.80.